The second kappa shape index (κ2) is 9.57. The molecule has 0 radical (unpaired) electrons. The van der Waals surface area contributed by atoms with E-state index in [9.17, 15) is 0 Å². The van der Waals surface area contributed by atoms with Crippen LogP contribution in [0, 0.1) is 0 Å². The molecule has 3 rings (SSSR count). The second-order valence-corrected chi connectivity index (χ2v) is 6.34. The zero-order valence-corrected chi connectivity index (χ0v) is 15.2. The van der Waals surface area contributed by atoms with Crippen LogP contribution in [-0.2, 0) is 6.61 Å². The molecule has 132 valence electrons. The van der Waals surface area contributed by atoms with Crippen LogP contribution >= 0.6 is 0 Å². The summed E-state index contributed by atoms with van der Waals surface area (Å²) < 4.78 is 5.91. The van der Waals surface area contributed by atoms with E-state index in [4.69, 9.17) is 9.73 Å². The lowest BCUT2D eigenvalue weighted by atomic mass is 10.0. The molecule has 26 heavy (non-hydrogen) atoms. The molecule has 3 aromatic carbocycles. The summed E-state index contributed by atoms with van der Waals surface area (Å²) in [6.45, 7) is 2.77. The van der Waals surface area contributed by atoms with Crippen molar-refractivity contribution in [2.24, 2.45) is 4.99 Å². The van der Waals surface area contributed by atoms with Crippen molar-refractivity contribution in [2.45, 2.75) is 32.4 Å². The summed E-state index contributed by atoms with van der Waals surface area (Å²) in [6.07, 6.45) is 4.12. The van der Waals surface area contributed by atoms with Gasteiger partial charge in [-0.15, -0.1) is 0 Å². The van der Waals surface area contributed by atoms with E-state index in [0.717, 1.165) is 24.2 Å². The van der Waals surface area contributed by atoms with E-state index < -0.39 is 0 Å². The van der Waals surface area contributed by atoms with Crippen molar-refractivity contribution >= 4 is 6.21 Å². The van der Waals surface area contributed by atoms with Gasteiger partial charge in [0.05, 0.1) is 6.04 Å². The van der Waals surface area contributed by atoms with Gasteiger partial charge in [-0.1, -0.05) is 86.1 Å². The molecule has 0 fully saturated rings. The largest absolute Gasteiger partial charge is 0.489 e. The molecule has 0 aliphatic heterocycles. The molecule has 2 heteroatoms. The first kappa shape index (κ1) is 17.9. The van der Waals surface area contributed by atoms with E-state index in [1.807, 2.05) is 48.7 Å². The monoisotopic (exact) mass is 343 g/mol. The maximum absolute atomic E-state index is 5.91. The van der Waals surface area contributed by atoms with Crippen LogP contribution in [0.15, 0.2) is 89.9 Å². The Morgan fingerprint density at radius 2 is 1.62 bits per heavy atom. The van der Waals surface area contributed by atoms with Gasteiger partial charge >= 0.3 is 0 Å². The molecule has 0 saturated carbocycles. The van der Waals surface area contributed by atoms with Crippen LogP contribution in [0.3, 0.4) is 0 Å². The van der Waals surface area contributed by atoms with Gasteiger partial charge in [0, 0.05) is 6.21 Å². The Morgan fingerprint density at radius 1 is 0.885 bits per heavy atom. The fraction of sp³-hybridized carbons (Fsp3) is 0.208. The molecule has 2 nitrogen and oxygen atoms in total. The quantitative estimate of drug-likeness (QED) is 0.445. The number of hydrogen-bond donors (Lipinski definition) is 0. The standard InChI is InChI=1S/C24H25NO/c1-2-10-24(22-14-7-4-8-15-22)25-18-21-13-9-16-23(17-21)26-19-20-11-5-3-6-12-20/h3-9,11-18,24H,2,10,19H2,1H3. The van der Waals surface area contributed by atoms with E-state index >= 15 is 0 Å². The molecule has 0 aliphatic carbocycles. The van der Waals surface area contributed by atoms with Gasteiger partial charge in [0.2, 0.25) is 0 Å². The lowest BCUT2D eigenvalue weighted by Crippen LogP contribution is -1.97. The maximum Gasteiger partial charge on any atom is 0.120 e. The zero-order chi connectivity index (χ0) is 18.0. The van der Waals surface area contributed by atoms with Crippen molar-refractivity contribution in [1.29, 1.82) is 0 Å². The summed E-state index contributed by atoms with van der Waals surface area (Å²) in [5.74, 6) is 0.865. The van der Waals surface area contributed by atoms with Gasteiger partial charge < -0.3 is 4.74 Å². The van der Waals surface area contributed by atoms with Crippen molar-refractivity contribution in [2.75, 3.05) is 0 Å². The Balaban J connectivity index is 1.67. The highest BCUT2D eigenvalue weighted by Crippen LogP contribution is 2.23. The fourth-order valence-electron chi connectivity index (χ4n) is 2.88. The van der Waals surface area contributed by atoms with Crippen molar-refractivity contribution in [3.8, 4) is 5.75 Å². The predicted octanol–water partition coefficient (Wildman–Crippen LogP) is 6.23. The fourth-order valence-corrected chi connectivity index (χ4v) is 2.88. The molecule has 0 saturated heterocycles. The summed E-state index contributed by atoms with van der Waals surface area (Å²) in [6, 6.07) is 29.0. The molecule has 0 amide bonds. The van der Waals surface area contributed by atoms with Gasteiger partial charge in [0.1, 0.15) is 12.4 Å². The molecule has 1 unspecified atom stereocenters. The average Bonchev–Trinajstić information content (AvgIpc) is 2.71. The molecule has 0 aliphatic rings. The van der Waals surface area contributed by atoms with Crippen molar-refractivity contribution in [1.82, 2.24) is 0 Å². The van der Waals surface area contributed by atoms with Crippen LogP contribution in [0.25, 0.3) is 0 Å². The molecular weight excluding hydrogens is 318 g/mol. The van der Waals surface area contributed by atoms with Crippen LogP contribution in [0.4, 0.5) is 0 Å². The van der Waals surface area contributed by atoms with E-state index in [2.05, 4.69) is 49.4 Å². The summed E-state index contributed by atoms with van der Waals surface area (Å²) in [4.78, 5) is 4.83. The van der Waals surface area contributed by atoms with Crippen LogP contribution in [0.5, 0.6) is 5.75 Å². The van der Waals surface area contributed by atoms with Crippen molar-refractivity contribution < 1.29 is 4.74 Å². The number of ether oxygens (including phenoxy) is 1. The first-order valence-electron chi connectivity index (χ1n) is 9.20. The van der Waals surface area contributed by atoms with Gasteiger partial charge in [-0.05, 0) is 35.2 Å². The molecular formula is C24H25NO. The molecule has 0 bridgehead atoms. The lowest BCUT2D eigenvalue weighted by molar-refractivity contribution is 0.306. The summed E-state index contributed by atoms with van der Waals surface area (Å²) in [5, 5.41) is 0. The van der Waals surface area contributed by atoms with Crippen LogP contribution < -0.4 is 4.74 Å². The molecule has 0 spiro atoms. The minimum atomic E-state index is 0.204. The molecule has 0 aromatic heterocycles. The van der Waals surface area contributed by atoms with Gasteiger partial charge in [-0.3, -0.25) is 4.99 Å². The number of hydrogen-bond acceptors (Lipinski definition) is 2. The Hall–Kier alpha value is -2.87. The van der Waals surface area contributed by atoms with Gasteiger partial charge in [-0.2, -0.15) is 0 Å². The van der Waals surface area contributed by atoms with Crippen LogP contribution in [-0.4, -0.2) is 6.21 Å². The summed E-state index contributed by atoms with van der Waals surface area (Å²) >= 11 is 0. The molecule has 0 heterocycles. The minimum absolute atomic E-state index is 0.204. The van der Waals surface area contributed by atoms with Gasteiger partial charge in [0.15, 0.2) is 0 Å². The highest BCUT2D eigenvalue weighted by atomic mass is 16.5. The third-order valence-corrected chi connectivity index (χ3v) is 4.26. The van der Waals surface area contributed by atoms with E-state index in [1.54, 1.807) is 0 Å². The Labute approximate surface area is 156 Å². The highest BCUT2D eigenvalue weighted by Gasteiger charge is 2.07. The third-order valence-electron chi connectivity index (χ3n) is 4.26. The highest BCUT2D eigenvalue weighted by molar-refractivity contribution is 5.80. The first-order chi connectivity index (χ1) is 12.8. The lowest BCUT2D eigenvalue weighted by Gasteiger charge is -2.12. The van der Waals surface area contributed by atoms with Gasteiger partial charge in [0.25, 0.3) is 0 Å². The van der Waals surface area contributed by atoms with Gasteiger partial charge in [-0.25, -0.2) is 0 Å². The SMILES string of the molecule is CCCC(N=Cc1cccc(OCc2ccccc2)c1)c1ccccc1. The van der Waals surface area contributed by atoms with Crippen molar-refractivity contribution in [3.05, 3.63) is 102 Å². The summed E-state index contributed by atoms with van der Waals surface area (Å²) in [7, 11) is 0. The topological polar surface area (TPSA) is 21.6 Å². The van der Waals surface area contributed by atoms with E-state index in [1.165, 1.54) is 11.1 Å². The predicted molar refractivity (Wildman–Crippen MR) is 109 cm³/mol. The van der Waals surface area contributed by atoms with Crippen LogP contribution in [0.2, 0.25) is 0 Å². The Kier molecular flexibility index (Phi) is 6.60. The van der Waals surface area contributed by atoms with E-state index in [-0.39, 0.29) is 6.04 Å². The third kappa shape index (κ3) is 5.32. The van der Waals surface area contributed by atoms with E-state index in [0.29, 0.717) is 6.61 Å². The maximum atomic E-state index is 5.91. The minimum Gasteiger partial charge on any atom is -0.489 e. The molecule has 0 N–H and O–H groups in total. The molecule has 1 atom stereocenters. The Bertz CT molecular complexity index is 812. The smallest absolute Gasteiger partial charge is 0.120 e. The normalized spacial score (nSPS) is 12.2. The van der Waals surface area contributed by atoms with Crippen molar-refractivity contribution in [3.63, 3.8) is 0 Å². The number of benzene rings is 3. The zero-order valence-electron chi connectivity index (χ0n) is 15.2. The number of aliphatic imine (C=N–C) groups is 1. The number of rotatable bonds is 8. The van der Waals surface area contributed by atoms with Crippen LogP contribution in [0.1, 0.15) is 42.5 Å². The Morgan fingerprint density at radius 3 is 2.35 bits per heavy atom. The summed E-state index contributed by atoms with van der Waals surface area (Å²) in [5.41, 5.74) is 3.49. The first-order valence-corrected chi connectivity index (χ1v) is 9.20. The number of nitrogens with zero attached hydrogens (tertiary/aromatic N) is 1. The molecule has 3 aromatic rings. The average molecular weight is 343 g/mol. The second-order valence-electron chi connectivity index (χ2n) is 6.34.